The van der Waals surface area contributed by atoms with E-state index in [1.807, 2.05) is 25.1 Å². The monoisotopic (exact) mass is 299 g/mol. The zero-order valence-electron chi connectivity index (χ0n) is 12.3. The smallest absolute Gasteiger partial charge is 0.326 e. The summed E-state index contributed by atoms with van der Waals surface area (Å²) in [4.78, 5) is 25.1. The van der Waals surface area contributed by atoms with Crippen LogP contribution in [0.2, 0.25) is 0 Å². The maximum absolute atomic E-state index is 12.5. The molecule has 3 rings (SSSR count). The van der Waals surface area contributed by atoms with Crippen LogP contribution in [0, 0.1) is 6.92 Å². The lowest BCUT2D eigenvalue weighted by Gasteiger charge is -2.21. The molecule has 0 saturated carbocycles. The molecule has 1 amide bonds. The molecule has 6 heteroatoms. The van der Waals surface area contributed by atoms with Crippen molar-refractivity contribution in [1.29, 1.82) is 0 Å². The number of amides is 1. The number of benzene rings is 1. The molecule has 0 aliphatic carbocycles. The van der Waals surface area contributed by atoms with Crippen molar-refractivity contribution in [2.24, 2.45) is 0 Å². The van der Waals surface area contributed by atoms with Gasteiger partial charge in [-0.15, -0.1) is 0 Å². The molecule has 1 aromatic heterocycles. The molecule has 22 heavy (non-hydrogen) atoms. The third-order valence-corrected chi connectivity index (χ3v) is 3.99. The normalized spacial score (nSPS) is 17.7. The number of aryl methyl sites for hydroxylation is 1. The van der Waals surface area contributed by atoms with E-state index in [4.69, 9.17) is 0 Å². The molecule has 0 radical (unpaired) electrons. The van der Waals surface area contributed by atoms with Gasteiger partial charge in [0.2, 0.25) is 0 Å². The lowest BCUT2D eigenvalue weighted by atomic mass is 10.1. The zero-order valence-corrected chi connectivity index (χ0v) is 12.3. The molecule has 1 aliphatic heterocycles. The summed E-state index contributed by atoms with van der Waals surface area (Å²) in [5.41, 5.74) is 2.38. The Labute approximate surface area is 128 Å². The molecular weight excluding hydrogens is 282 g/mol. The number of hydrogen-bond acceptors (Lipinski definition) is 3. The van der Waals surface area contributed by atoms with Crippen LogP contribution in [0.5, 0.6) is 0 Å². The first kappa shape index (κ1) is 14.3. The predicted molar refractivity (Wildman–Crippen MR) is 80.0 cm³/mol. The van der Waals surface area contributed by atoms with Crippen LogP contribution in [0.3, 0.4) is 0 Å². The van der Waals surface area contributed by atoms with Crippen LogP contribution in [-0.2, 0) is 4.79 Å². The number of carbonyl (C=O) groups excluding carboxylic acids is 1. The highest BCUT2D eigenvalue weighted by Gasteiger charge is 2.34. The van der Waals surface area contributed by atoms with E-state index in [9.17, 15) is 14.7 Å². The maximum atomic E-state index is 12.5. The largest absolute Gasteiger partial charge is 0.480 e. The van der Waals surface area contributed by atoms with Crippen molar-refractivity contribution < 1.29 is 14.7 Å². The summed E-state index contributed by atoms with van der Waals surface area (Å²) >= 11 is 0. The predicted octanol–water partition coefficient (Wildman–Crippen LogP) is 1.87. The standard InChI is InChI=1S/C16H17N3O3/c1-11-8-9-17-19(11)13-6-4-12(5-7-13)15(20)18-10-2-3-14(18)16(21)22/h4-9,14H,2-3,10H2,1H3,(H,21,22). The Bertz CT molecular complexity index is 706. The zero-order chi connectivity index (χ0) is 15.7. The minimum Gasteiger partial charge on any atom is -0.480 e. The summed E-state index contributed by atoms with van der Waals surface area (Å²) in [5, 5.41) is 13.4. The van der Waals surface area contributed by atoms with Gasteiger partial charge in [0.05, 0.1) is 5.69 Å². The number of aromatic nitrogens is 2. The summed E-state index contributed by atoms with van der Waals surface area (Å²) in [5.74, 6) is -1.16. The van der Waals surface area contributed by atoms with E-state index >= 15 is 0 Å². The fourth-order valence-electron chi connectivity index (χ4n) is 2.82. The second kappa shape index (κ2) is 5.63. The molecule has 2 heterocycles. The summed E-state index contributed by atoms with van der Waals surface area (Å²) in [6.45, 7) is 2.45. The number of carbonyl (C=O) groups is 2. The summed E-state index contributed by atoms with van der Waals surface area (Å²) in [6, 6.07) is 8.27. The Morgan fingerprint density at radius 1 is 1.23 bits per heavy atom. The molecule has 0 spiro atoms. The van der Waals surface area contributed by atoms with Crippen LogP contribution in [0.25, 0.3) is 5.69 Å². The van der Waals surface area contributed by atoms with Gasteiger partial charge in [-0.05, 0) is 50.1 Å². The number of nitrogens with zero attached hydrogens (tertiary/aromatic N) is 3. The Morgan fingerprint density at radius 2 is 1.95 bits per heavy atom. The second-order valence-corrected chi connectivity index (χ2v) is 5.43. The third-order valence-electron chi connectivity index (χ3n) is 3.99. The Balaban J connectivity index is 1.82. The van der Waals surface area contributed by atoms with Gasteiger partial charge in [0.15, 0.2) is 0 Å². The molecule has 1 aromatic carbocycles. The molecule has 1 N–H and O–H groups in total. The molecule has 6 nitrogen and oxygen atoms in total. The van der Waals surface area contributed by atoms with Crippen molar-refractivity contribution >= 4 is 11.9 Å². The molecule has 114 valence electrons. The lowest BCUT2D eigenvalue weighted by molar-refractivity contribution is -0.141. The van der Waals surface area contributed by atoms with E-state index in [0.717, 1.165) is 17.8 Å². The highest BCUT2D eigenvalue weighted by atomic mass is 16.4. The average Bonchev–Trinajstić information content (AvgIpc) is 3.15. The fraction of sp³-hybridized carbons (Fsp3) is 0.312. The lowest BCUT2D eigenvalue weighted by Crippen LogP contribution is -2.40. The van der Waals surface area contributed by atoms with E-state index in [2.05, 4.69) is 5.10 Å². The number of carboxylic acid groups (broad SMARTS) is 1. The molecular formula is C16H17N3O3. The Hall–Kier alpha value is -2.63. The van der Waals surface area contributed by atoms with E-state index < -0.39 is 12.0 Å². The quantitative estimate of drug-likeness (QED) is 0.938. The minimum absolute atomic E-state index is 0.228. The van der Waals surface area contributed by atoms with E-state index in [1.165, 1.54) is 4.90 Å². The van der Waals surface area contributed by atoms with Gasteiger partial charge < -0.3 is 10.0 Å². The molecule has 1 unspecified atom stereocenters. The van der Waals surface area contributed by atoms with Crippen LogP contribution in [-0.4, -0.2) is 44.3 Å². The van der Waals surface area contributed by atoms with Gasteiger partial charge in [0, 0.05) is 24.0 Å². The van der Waals surface area contributed by atoms with Gasteiger partial charge >= 0.3 is 5.97 Å². The fourth-order valence-corrected chi connectivity index (χ4v) is 2.82. The first-order valence-electron chi connectivity index (χ1n) is 7.23. The Kier molecular flexibility index (Phi) is 3.66. The number of hydrogen-bond donors (Lipinski definition) is 1. The van der Waals surface area contributed by atoms with E-state index in [1.54, 1.807) is 23.0 Å². The minimum atomic E-state index is -0.936. The number of carboxylic acids is 1. The Morgan fingerprint density at radius 3 is 2.55 bits per heavy atom. The topological polar surface area (TPSA) is 75.4 Å². The molecule has 0 bridgehead atoms. The SMILES string of the molecule is Cc1ccnn1-c1ccc(C(=O)N2CCCC2C(=O)O)cc1. The van der Waals surface area contributed by atoms with Crippen molar-refractivity contribution in [2.75, 3.05) is 6.54 Å². The van der Waals surface area contributed by atoms with Gasteiger partial charge in [-0.25, -0.2) is 9.48 Å². The summed E-state index contributed by atoms with van der Waals surface area (Å²) in [6.07, 6.45) is 2.97. The van der Waals surface area contributed by atoms with Gasteiger partial charge in [-0.2, -0.15) is 5.10 Å². The molecule has 1 fully saturated rings. The van der Waals surface area contributed by atoms with Crippen LogP contribution in [0.1, 0.15) is 28.9 Å². The van der Waals surface area contributed by atoms with Gasteiger partial charge in [-0.3, -0.25) is 4.79 Å². The number of likely N-dealkylation sites (tertiary alicyclic amines) is 1. The molecule has 2 aromatic rings. The third kappa shape index (κ3) is 2.47. The number of aliphatic carboxylic acids is 1. The van der Waals surface area contributed by atoms with Crippen LogP contribution in [0.4, 0.5) is 0 Å². The van der Waals surface area contributed by atoms with Crippen molar-refractivity contribution in [2.45, 2.75) is 25.8 Å². The molecule has 1 atom stereocenters. The first-order valence-corrected chi connectivity index (χ1v) is 7.23. The first-order chi connectivity index (χ1) is 10.6. The van der Waals surface area contributed by atoms with Crippen molar-refractivity contribution in [1.82, 2.24) is 14.7 Å². The average molecular weight is 299 g/mol. The highest BCUT2D eigenvalue weighted by molar-refractivity contribution is 5.97. The van der Waals surface area contributed by atoms with Crippen molar-refractivity contribution in [3.63, 3.8) is 0 Å². The van der Waals surface area contributed by atoms with Gasteiger partial charge in [0.25, 0.3) is 5.91 Å². The summed E-state index contributed by atoms with van der Waals surface area (Å²) < 4.78 is 1.78. The van der Waals surface area contributed by atoms with Gasteiger partial charge in [0.1, 0.15) is 6.04 Å². The van der Waals surface area contributed by atoms with Crippen LogP contribution >= 0.6 is 0 Å². The van der Waals surface area contributed by atoms with Crippen LogP contribution < -0.4 is 0 Å². The van der Waals surface area contributed by atoms with Crippen LogP contribution in [0.15, 0.2) is 36.5 Å². The molecule has 1 aliphatic rings. The van der Waals surface area contributed by atoms with Crippen molar-refractivity contribution in [3.8, 4) is 5.69 Å². The maximum Gasteiger partial charge on any atom is 0.326 e. The molecule has 1 saturated heterocycles. The second-order valence-electron chi connectivity index (χ2n) is 5.43. The van der Waals surface area contributed by atoms with Crippen molar-refractivity contribution in [3.05, 3.63) is 47.8 Å². The summed E-state index contributed by atoms with van der Waals surface area (Å²) in [7, 11) is 0. The highest BCUT2D eigenvalue weighted by Crippen LogP contribution is 2.21. The van der Waals surface area contributed by atoms with E-state index in [0.29, 0.717) is 18.5 Å². The van der Waals surface area contributed by atoms with E-state index in [-0.39, 0.29) is 5.91 Å². The number of rotatable bonds is 3. The van der Waals surface area contributed by atoms with Gasteiger partial charge in [-0.1, -0.05) is 0 Å².